The minimum atomic E-state index is -3.47. The molecule has 4 atom stereocenters. The molecule has 2 bridgehead atoms. The smallest absolute Gasteiger partial charge is 0.240 e. The Morgan fingerprint density at radius 3 is 2.52 bits per heavy atom. The van der Waals surface area contributed by atoms with Gasteiger partial charge in [0.15, 0.2) is 0 Å². The number of fused-ring (bicyclic) bond motifs is 5. The van der Waals surface area contributed by atoms with Crippen LogP contribution in [0.2, 0.25) is 5.02 Å². The molecule has 0 spiro atoms. The van der Waals surface area contributed by atoms with Crippen LogP contribution in [0.25, 0.3) is 0 Å². The van der Waals surface area contributed by atoms with E-state index in [0.717, 1.165) is 11.8 Å². The van der Waals surface area contributed by atoms with Gasteiger partial charge in [0.05, 0.1) is 4.90 Å². The van der Waals surface area contributed by atoms with Gasteiger partial charge in [-0.1, -0.05) is 11.6 Å². The van der Waals surface area contributed by atoms with Gasteiger partial charge in [0.25, 0.3) is 0 Å². The highest BCUT2D eigenvalue weighted by molar-refractivity contribution is 7.89. The summed E-state index contributed by atoms with van der Waals surface area (Å²) in [5, 5.41) is 0.512. The van der Waals surface area contributed by atoms with Crippen molar-refractivity contribution in [3.63, 3.8) is 0 Å². The average molecular weight is 327 g/mol. The lowest BCUT2D eigenvalue weighted by Gasteiger charge is -2.12. The van der Waals surface area contributed by atoms with Crippen LogP contribution in [0.15, 0.2) is 23.1 Å². The molecular weight excluding hydrogens is 308 g/mol. The predicted molar refractivity (Wildman–Crippen MR) is 81.3 cm³/mol. The van der Waals surface area contributed by atoms with Crippen molar-refractivity contribution in [1.82, 2.24) is 4.72 Å². The lowest BCUT2D eigenvalue weighted by Crippen LogP contribution is -2.30. The van der Waals surface area contributed by atoms with Gasteiger partial charge < -0.3 is 5.73 Å². The van der Waals surface area contributed by atoms with E-state index in [1.165, 1.54) is 19.3 Å². The van der Waals surface area contributed by atoms with Gasteiger partial charge in [0.1, 0.15) is 0 Å². The number of rotatable bonds is 4. The third-order valence-electron chi connectivity index (χ3n) is 5.57. The molecule has 114 valence electrons. The molecule has 0 amide bonds. The first-order valence-corrected chi connectivity index (χ1v) is 9.38. The maximum atomic E-state index is 12.5. The van der Waals surface area contributed by atoms with Crippen LogP contribution in [0.3, 0.4) is 0 Å². The molecule has 1 aromatic rings. The van der Waals surface area contributed by atoms with Crippen molar-refractivity contribution in [2.45, 2.75) is 36.7 Å². The Morgan fingerprint density at radius 1 is 1.24 bits per heavy atom. The molecule has 3 fully saturated rings. The summed E-state index contributed by atoms with van der Waals surface area (Å²) >= 11 is 5.99. The summed E-state index contributed by atoms with van der Waals surface area (Å²) in [5.74, 6) is 2.66. The second kappa shape index (κ2) is 4.69. The van der Waals surface area contributed by atoms with E-state index in [0.29, 0.717) is 22.4 Å². The van der Waals surface area contributed by atoms with Crippen molar-refractivity contribution in [3.8, 4) is 0 Å². The summed E-state index contributed by atoms with van der Waals surface area (Å²) in [5.41, 5.74) is 6.26. The number of sulfonamides is 1. The molecule has 0 heterocycles. The summed E-state index contributed by atoms with van der Waals surface area (Å²) < 4.78 is 28.0. The molecule has 6 heteroatoms. The summed E-state index contributed by atoms with van der Waals surface area (Å²) in [7, 11) is -3.47. The van der Waals surface area contributed by atoms with E-state index in [9.17, 15) is 8.42 Å². The Labute approximate surface area is 130 Å². The molecule has 4 rings (SSSR count). The highest BCUT2D eigenvalue weighted by atomic mass is 35.5. The van der Waals surface area contributed by atoms with Crippen molar-refractivity contribution in [2.75, 3.05) is 0 Å². The van der Waals surface area contributed by atoms with Gasteiger partial charge in [0, 0.05) is 17.6 Å². The number of nitrogens with one attached hydrogen (secondary N) is 1. The zero-order chi connectivity index (χ0) is 14.8. The average Bonchev–Trinajstić information content (AvgIpc) is 2.85. The van der Waals surface area contributed by atoms with E-state index < -0.39 is 10.0 Å². The number of halogens is 1. The fourth-order valence-corrected chi connectivity index (χ4v) is 6.15. The summed E-state index contributed by atoms with van der Waals surface area (Å²) in [6.07, 6.45) is 3.87. The van der Waals surface area contributed by atoms with Crippen molar-refractivity contribution >= 4 is 21.6 Å². The minimum absolute atomic E-state index is 0.151. The van der Waals surface area contributed by atoms with E-state index in [2.05, 4.69) is 4.72 Å². The van der Waals surface area contributed by atoms with Gasteiger partial charge in [-0.15, -0.1) is 0 Å². The zero-order valence-corrected chi connectivity index (χ0v) is 13.2. The van der Waals surface area contributed by atoms with Gasteiger partial charge in [-0.05, 0) is 66.7 Å². The fourth-order valence-electron chi connectivity index (χ4n) is 4.61. The van der Waals surface area contributed by atoms with Crippen LogP contribution in [-0.2, 0) is 16.6 Å². The third kappa shape index (κ3) is 2.13. The number of benzene rings is 1. The van der Waals surface area contributed by atoms with Crippen molar-refractivity contribution < 1.29 is 8.42 Å². The molecule has 1 aromatic carbocycles. The normalized spacial score (nSPS) is 36.8. The van der Waals surface area contributed by atoms with Gasteiger partial charge in [-0.25, -0.2) is 13.1 Å². The Kier molecular flexibility index (Phi) is 3.12. The molecule has 3 saturated carbocycles. The van der Waals surface area contributed by atoms with E-state index in [4.69, 9.17) is 17.3 Å². The molecule has 3 N–H and O–H groups in total. The van der Waals surface area contributed by atoms with Crippen molar-refractivity contribution in [1.29, 1.82) is 0 Å². The monoisotopic (exact) mass is 326 g/mol. The Balaban J connectivity index is 1.55. The van der Waals surface area contributed by atoms with E-state index in [-0.39, 0.29) is 17.5 Å². The largest absolute Gasteiger partial charge is 0.326 e. The molecule has 0 saturated heterocycles. The highest BCUT2D eigenvalue weighted by Gasteiger charge is 2.65. The van der Waals surface area contributed by atoms with Crippen LogP contribution in [0, 0.1) is 23.7 Å². The van der Waals surface area contributed by atoms with Crippen LogP contribution >= 0.6 is 11.6 Å². The highest BCUT2D eigenvalue weighted by Crippen LogP contribution is 2.65. The van der Waals surface area contributed by atoms with Crippen molar-refractivity contribution in [2.24, 2.45) is 29.4 Å². The zero-order valence-electron chi connectivity index (χ0n) is 11.6. The maximum absolute atomic E-state index is 12.5. The van der Waals surface area contributed by atoms with E-state index in [1.54, 1.807) is 18.2 Å². The first-order chi connectivity index (χ1) is 10.0. The van der Waals surface area contributed by atoms with Crippen LogP contribution in [-0.4, -0.2) is 14.5 Å². The van der Waals surface area contributed by atoms with Gasteiger partial charge in [0.2, 0.25) is 10.0 Å². The lowest BCUT2D eigenvalue weighted by molar-refractivity contribution is 0.456. The Hall–Kier alpha value is -0.620. The minimum Gasteiger partial charge on any atom is -0.326 e. The molecule has 3 aliphatic carbocycles. The standard InChI is InChI=1S/C15H19ClN2O2S/c16-12-4-3-11(6-10(12)7-17)21(19,20)18-15-13-8-1-2-9(5-8)14(13)15/h3-4,6,8-9,13-15,18H,1-2,5,7,17H2. The maximum Gasteiger partial charge on any atom is 0.240 e. The first kappa shape index (κ1) is 14.0. The molecular formula is C15H19ClN2O2S. The molecule has 4 unspecified atom stereocenters. The third-order valence-corrected chi connectivity index (χ3v) is 7.40. The predicted octanol–water partition coefficient (Wildman–Crippen LogP) is 2.12. The Morgan fingerprint density at radius 2 is 1.90 bits per heavy atom. The summed E-state index contributed by atoms with van der Waals surface area (Å²) in [6.45, 7) is 0.237. The van der Waals surface area contributed by atoms with Gasteiger partial charge >= 0.3 is 0 Å². The molecule has 0 aromatic heterocycles. The van der Waals surface area contributed by atoms with Crippen LogP contribution < -0.4 is 10.5 Å². The van der Waals surface area contributed by atoms with Crippen LogP contribution in [0.4, 0.5) is 0 Å². The van der Waals surface area contributed by atoms with E-state index in [1.807, 2.05) is 0 Å². The van der Waals surface area contributed by atoms with Crippen LogP contribution in [0.1, 0.15) is 24.8 Å². The summed E-state index contributed by atoms with van der Waals surface area (Å²) in [6, 6.07) is 4.89. The second-order valence-electron chi connectivity index (χ2n) is 6.59. The van der Waals surface area contributed by atoms with Gasteiger partial charge in [-0.2, -0.15) is 0 Å². The number of hydrogen-bond donors (Lipinski definition) is 2. The van der Waals surface area contributed by atoms with E-state index >= 15 is 0 Å². The summed E-state index contributed by atoms with van der Waals surface area (Å²) in [4.78, 5) is 0.268. The lowest BCUT2D eigenvalue weighted by atomic mass is 10.0. The van der Waals surface area contributed by atoms with Gasteiger partial charge in [-0.3, -0.25) is 0 Å². The Bertz CT molecular complexity index is 675. The molecule has 21 heavy (non-hydrogen) atoms. The number of nitrogens with two attached hydrogens (primary N) is 1. The van der Waals surface area contributed by atoms with Crippen LogP contribution in [0.5, 0.6) is 0 Å². The number of hydrogen-bond acceptors (Lipinski definition) is 3. The molecule has 0 radical (unpaired) electrons. The second-order valence-corrected chi connectivity index (χ2v) is 8.71. The topological polar surface area (TPSA) is 72.2 Å². The molecule has 3 aliphatic rings. The SMILES string of the molecule is NCc1cc(S(=O)(=O)NC2C3C4CCC(C4)C23)ccc1Cl. The molecule has 4 nitrogen and oxygen atoms in total. The molecule has 0 aliphatic heterocycles. The quantitative estimate of drug-likeness (QED) is 0.890. The fraction of sp³-hybridized carbons (Fsp3) is 0.600. The van der Waals surface area contributed by atoms with Crippen molar-refractivity contribution in [3.05, 3.63) is 28.8 Å². The first-order valence-electron chi connectivity index (χ1n) is 7.52.